The minimum absolute atomic E-state index is 0.785. The van der Waals surface area contributed by atoms with Crippen LogP contribution in [0.4, 0.5) is 0 Å². The summed E-state index contributed by atoms with van der Waals surface area (Å²) in [5.41, 5.74) is 4.19. The van der Waals surface area contributed by atoms with E-state index in [-0.39, 0.29) is 0 Å². The summed E-state index contributed by atoms with van der Waals surface area (Å²) in [7, 11) is 0. The van der Waals surface area contributed by atoms with E-state index in [1.807, 2.05) is 36.4 Å². The summed E-state index contributed by atoms with van der Waals surface area (Å²) in [4.78, 5) is 0. The molecule has 0 radical (unpaired) electrons. The molecule has 1 aliphatic rings. The molecule has 0 heteroatoms. The quantitative estimate of drug-likeness (QED) is 0.524. The number of rotatable bonds is 2. The molecule has 0 nitrogen and oxygen atoms in total. The van der Waals surface area contributed by atoms with Crippen LogP contribution in [0.25, 0.3) is 12.2 Å². The van der Waals surface area contributed by atoms with Crippen molar-refractivity contribution >= 4 is 12.2 Å². The van der Waals surface area contributed by atoms with Gasteiger partial charge >= 0.3 is 0 Å². The number of benzene rings is 2. The molecule has 2 aromatic rings. The van der Waals surface area contributed by atoms with E-state index in [1.54, 1.807) is 5.57 Å². The smallest absolute Gasteiger partial charge is 0.0228 e. The van der Waals surface area contributed by atoms with Crippen LogP contribution < -0.4 is 0 Å². The summed E-state index contributed by atoms with van der Waals surface area (Å²) in [6, 6.07) is 20.7. The van der Waals surface area contributed by atoms with E-state index >= 15 is 0 Å². The van der Waals surface area contributed by atoms with Crippen molar-refractivity contribution in [2.75, 3.05) is 0 Å². The maximum Gasteiger partial charge on any atom is -0.0228 e. The predicted octanol–water partition coefficient (Wildman–Crippen LogP) is 7.00. The van der Waals surface area contributed by atoms with Crippen molar-refractivity contribution in [1.82, 2.24) is 0 Å². The molecular weight excluding hydrogens is 276 g/mol. The zero-order chi connectivity index (χ0) is 16.3. The lowest BCUT2D eigenvalue weighted by Crippen LogP contribution is -1.96. The van der Waals surface area contributed by atoms with E-state index in [0.717, 1.165) is 5.92 Å². The topological polar surface area (TPSA) is 0 Å². The molecule has 0 heterocycles. The Kier molecular flexibility index (Phi) is 7.39. The molecule has 0 amide bonds. The van der Waals surface area contributed by atoms with Gasteiger partial charge in [0.2, 0.25) is 0 Å². The number of allylic oxidation sites excluding steroid dienone is 1. The van der Waals surface area contributed by atoms with Crippen molar-refractivity contribution in [1.29, 1.82) is 0 Å². The largest absolute Gasteiger partial charge is 0.0985 e. The third kappa shape index (κ3) is 6.28. The zero-order valence-corrected chi connectivity index (χ0v) is 14.2. The van der Waals surface area contributed by atoms with Crippen LogP contribution in [0.3, 0.4) is 0 Å². The molecule has 120 valence electrons. The Morgan fingerprint density at radius 1 is 0.826 bits per heavy atom. The van der Waals surface area contributed by atoms with Crippen molar-refractivity contribution in [2.24, 2.45) is 5.92 Å². The van der Waals surface area contributed by atoms with Gasteiger partial charge in [0.1, 0.15) is 0 Å². The third-order valence-corrected chi connectivity index (χ3v) is 4.42. The van der Waals surface area contributed by atoms with Crippen molar-refractivity contribution in [3.8, 4) is 0 Å². The van der Waals surface area contributed by atoms with Crippen molar-refractivity contribution in [2.45, 2.75) is 39.0 Å². The summed E-state index contributed by atoms with van der Waals surface area (Å²) < 4.78 is 0. The van der Waals surface area contributed by atoms with Crippen LogP contribution in [0, 0.1) is 5.92 Å². The Morgan fingerprint density at radius 2 is 1.43 bits per heavy atom. The fraction of sp³-hybridized carbons (Fsp3) is 0.304. The van der Waals surface area contributed by atoms with Gasteiger partial charge in [-0.3, -0.25) is 0 Å². The van der Waals surface area contributed by atoms with Crippen molar-refractivity contribution in [3.63, 3.8) is 0 Å². The van der Waals surface area contributed by atoms with Crippen LogP contribution in [0.15, 0.2) is 72.8 Å². The molecule has 3 rings (SSSR count). The first-order valence-electron chi connectivity index (χ1n) is 8.72. The van der Waals surface area contributed by atoms with Gasteiger partial charge in [-0.2, -0.15) is 0 Å². The molecule has 0 aromatic heterocycles. The minimum atomic E-state index is 0.785. The average Bonchev–Trinajstić information content (AvgIpc) is 2.82. The Bertz CT molecular complexity index is 592. The summed E-state index contributed by atoms with van der Waals surface area (Å²) in [5, 5.41) is 0. The van der Waals surface area contributed by atoms with Gasteiger partial charge in [0.15, 0.2) is 0 Å². The maximum atomic E-state index is 3.63. The molecule has 0 aliphatic heterocycles. The average molecular weight is 304 g/mol. The van der Waals surface area contributed by atoms with Crippen LogP contribution in [0.2, 0.25) is 0 Å². The monoisotopic (exact) mass is 304 g/mol. The molecule has 1 saturated carbocycles. The second-order valence-corrected chi connectivity index (χ2v) is 6.25. The second-order valence-electron chi connectivity index (χ2n) is 6.25. The van der Waals surface area contributed by atoms with Gasteiger partial charge in [-0.1, -0.05) is 105 Å². The lowest BCUT2D eigenvalue weighted by Gasteiger charge is -2.11. The van der Waals surface area contributed by atoms with E-state index in [4.69, 9.17) is 0 Å². The van der Waals surface area contributed by atoms with Gasteiger partial charge in [0, 0.05) is 0 Å². The first-order valence-corrected chi connectivity index (χ1v) is 8.72. The molecule has 0 N–H and O–H groups in total. The Hall–Kier alpha value is -2.08. The molecule has 1 unspecified atom stereocenters. The van der Waals surface area contributed by atoms with E-state index in [9.17, 15) is 0 Å². The first kappa shape index (κ1) is 17.3. The van der Waals surface area contributed by atoms with E-state index in [2.05, 4.69) is 49.9 Å². The van der Waals surface area contributed by atoms with Gasteiger partial charge in [-0.05, 0) is 36.3 Å². The molecule has 1 aliphatic carbocycles. The summed E-state index contributed by atoms with van der Waals surface area (Å²) >= 11 is 0. The van der Waals surface area contributed by atoms with Crippen LogP contribution in [-0.2, 0) is 0 Å². The first-order chi connectivity index (χ1) is 11.3. The normalized spacial score (nSPS) is 19.3. The fourth-order valence-corrected chi connectivity index (χ4v) is 2.96. The molecule has 23 heavy (non-hydrogen) atoms. The van der Waals surface area contributed by atoms with Crippen molar-refractivity contribution < 1.29 is 0 Å². The molecular formula is C23H28. The zero-order valence-electron chi connectivity index (χ0n) is 14.2. The standard InChI is InChI=1S/C15H20.C8H8/c1-13-8-4-2-7-11-15(13)12-14-9-5-3-6-10-14;1-2-8-6-4-3-5-7-8/h3,5-6,9-10,12-13H,2,4,7-8,11H2,1H3;2-7H,1H2. The highest BCUT2D eigenvalue weighted by Crippen LogP contribution is 2.29. The SMILES string of the molecule is C=Cc1ccccc1.CC1CCCCCC1=Cc1ccccc1. The molecule has 1 atom stereocenters. The molecule has 0 bridgehead atoms. The van der Waals surface area contributed by atoms with E-state index in [0.29, 0.717) is 0 Å². The maximum absolute atomic E-state index is 3.63. The highest BCUT2D eigenvalue weighted by molar-refractivity contribution is 5.53. The lowest BCUT2D eigenvalue weighted by molar-refractivity contribution is 0.598. The molecule has 2 aromatic carbocycles. The molecule has 0 spiro atoms. The van der Waals surface area contributed by atoms with Gasteiger partial charge in [0.25, 0.3) is 0 Å². The van der Waals surface area contributed by atoms with Gasteiger partial charge in [-0.25, -0.2) is 0 Å². The fourth-order valence-electron chi connectivity index (χ4n) is 2.96. The van der Waals surface area contributed by atoms with Gasteiger partial charge in [0.05, 0.1) is 0 Å². The van der Waals surface area contributed by atoms with Crippen LogP contribution in [0.1, 0.15) is 50.2 Å². The van der Waals surface area contributed by atoms with Crippen molar-refractivity contribution in [3.05, 3.63) is 83.9 Å². The summed E-state index contributed by atoms with van der Waals surface area (Å²) in [5.74, 6) is 0.785. The van der Waals surface area contributed by atoms with E-state index in [1.165, 1.54) is 43.2 Å². The van der Waals surface area contributed by atoms with Gasteiger partial charge in [-0.15, -0.1) is 0 Å². The predicted molar refractivity (Wildman–Crippen MR) is 103 cm³/mol. The Morgan fingerprint density at radius 3 is 2.00 bits per heavy atom. The third-order valence-electron chi connectivity index (χ3n) is 4.42. The molecule has 0 saturated heterocycles. The van der Waals surface area contributed by atoms with Gasteiger partial charge < -0.3 is 0 Å². The van der Waals surface area contributed by atoms with Crippen LogP contribution in [0.5, 0.6) is 0 Å². The number of hydrogen-bond donors (Lipinski definition) is 0. The van der Waals surface area contributed by atoms with Crippen LogP contribution in [-0.4, -0.2) is 0 Å². The highest BCUT2D eigenvalue weighted by Gasteiger charge is 2.12. The highest BCUT2D eigenvalue weighted by atomic mass is 14.2. The second kappa shape index (κ2) is 9.84. The Labute approximate surface area is 141 Å². The minimum Gasteiger partial charge on any atom is -0.0985 e. The summed E-state index contributed by atoms with van der Waals surface area (Å²) in [6.07, 6.45) is 11.1. The summed E-state index contributed by atoms with van der Waals surface area (Å²) in [6.45, 7) is 6.01. The van der Waals surface area contributed by atoms with E-state index < -0.39 is 0 Å². The van der Waals surface area contributed by atoms with Crippen LogP contribution >= 0.6 is 0 Å². The molecule has 1 fully saturated rings. The number of hydrogen-bond acceptors (Lipinski definition) is 0. The Balaban J connectivity index is 0.000000203. The lowest BCUT2D eigenvalue weighted by atomic mass is 9.94.